The molecule has 20 heavy (non-hydrogen) atoms. The Bertz CT molecular complexity index is 641. The number of halogens is 1. The monoisotopic (exact) mass is 333 g/mol. The van der Waals surface area contributed by atoms with Crippen molar-refractivity contribution in [2.75, 3.05) is 30.0 Å². The predicted molar refractivity (Wildman–Crippen MR) is 87.3 cm³/mol. The van der Waals surface area contributed by atoms with Crippen molar-refractivity contribution in [2.45, 2.75) is 0 Å². The highest BCUT2D eigenvalue weighted by Crippen LogP contribution is 2.25. The minimum Gasteiger partial charge on any atom is -0.398 e. The molecule has 0 aliphatic rings. The zero-order valence-electron chi connectivity index (χ0n) is 11.4. The Morgan fingerprint density at radius 3 is 2.55 bits per heavy atom. The fraction of sp³-hybridized carbons (Fsp3) is 0.133. The van der Waals surface area contributed by atoms with Gasteiger partial charge in [-0.15, -0.1) is 0 Å². The SMILES string of the molecule is CN(C)c1ccccc1NC(=O)c1ccc(Br)c(N)c1. The second kappa shape index (κ2) is 5.96. The highest BCUT2D eigenvalue weighted by atomic mass is 79.9. The van der Waals surface area contributed by atoms with E-state index in [1.807, 2.05) is 43.3 Å². The first-order valence-electron chi connectivity index (χ1n) is 6.12. The Balaban J connectivity index is 2.26. The van der Waals surface area contributed by atoms with Crippen LogP contribution in [-0.4, -0.2) is 20.0 Å². The molecular formula is C15H16BrN3O. The molecule has 1 amide bonds. The number of nitrogens with two attached hydrogens (primary N) is 1. The average Bonchev–Trinajstić information content (AvgIpc) is 2.42. The van der Waals surface area contributed by atoms with Crippen LogP contribution in [0.1, 0.15) is 10.4 Å². The van der Waals surface area contributed by atoms with Gasteiger partial charge >= 0.3 is 0 Å². The van der Waals surface area contributed by atoms with Crippen LogP contribution in [0.2, 0.25) is 0 Å². The van der Waals surface area contributed by atoms with E-state index in [4.69, 9.17) is 5.73 Å². The van der Waals surface area contributed by atoms with Crippen LogP contribution in [0.3, 0.4) is 0 Å². The largest absolute Gasteiger partial charge is 0.398 e. The fourth-order valence-corrected chi connectivity index (χ4v) is 2.10. The number of carbonyl (C=O) groups excluding carboxylic acids is 1. The van der Waals surface area contributed by atoms with E-state index in [1.165, 1.54) is 0 Å². The van der Waals surface area contributed by atoms with Gasteiger partial charge in [-0.05, 0) is 46.3 Å². The highest BCUT2D eigenvalue weighted by Gasteiger charge is 2.10. The third-order valence-corrected chi connectivity index (χ3v) is 3.61. The van der Waals surface area contributed by atoms with E-state index >= 15 is 0 Å². The van der Waals surface area contributed by atoms with Crippen molar-refractivity contribution in [1.29, 1.82) is 0 Å². The van der Waals surface area contributed by atoms with Crippen molar-refractivity contribution >= 4 is 38.9 Å². The van der Waals surface area contributed by atoms with Gasteiger partial charge in [-0.2, -0.15) is 0 Å². The van der Waals surface area contributed by atoms with Gasteiger partial charge in [0.25, 0.3) is 5.91 Å². The van der Waals surface area contributed by atoms with Crippen LogP contribution in [0.4, 0.5) is 17.1 Å². The maximum atomic E-state index is 12.3. The van der Waals surface area contributed by atoms with Gasteiger partial charge in [-0.1, -0.05) is 12.1 Å². The maximum Gasteiger partial charge on any atom is 0.255 e. The summed E-state index contributed by atoms with van der Waals surface area (Å²) in [4.78, 5) is 14.2. The molecule has 2 rings (SSSR count). The van der Waals surface area contributed by atoms with Crippen LogP contribution in [0.25, 0.3) is 0 Å². The first-order valence-corrected chi connectivity index (χ1v) is 6.91. The third kappa shape index (κ3) is 3.11. The van der Waals surface area contributed by atoms with E-state index in [1.54, 1.807) is 18.2 Å². The van der Waals surface area contributed by atoms with Gasteiger partial charge in [0.1, 0.15) is 0 Å². The second-order valence-electron chi connectivity index (χ2n) is 4.60. The van der Waals surface area contributed by atoms with E-state index in [-0.39, 0.29) is 5.91 Å². The molecule has 2 aromatic carbocycles. The molecule has 0 fully saturated rings. The number of hydrogen-bond donors (Lipinski definition) is 2. The minimum absolute atomic E-state index is 0.182. The van der Waals surface area contributed by atoms with Crippen molar-refractivity contribution in [3.63, 3.8) is 0 Å². The number of nitrogens with zero attached hydrogens (tertiary/aromatic N) is 1. The molecule has 0 radical (unpaired) electrons. The number of hydrogen-bond acceptors (Lipinski definition) is 3. The van der Waals surface area contributed by atoms with Crippen molar-refractivity contribution in [1.82, 2.24) is 0 Å². The van der Waals surface area contributed by atoms with Gasteiger partial charge in [0.2, 0.25) is 0 Å². The molecule has 3 N–H and O–H groups in total. The van der Waals surface area contributed by atoms with E-state index in [0.717, 1.165) is 15.8 Å². The van der Waals surface area contributed by atoms with Gasteiger partial charge in [-0.25, -0.2) is 0 Å². The summed E-state index contributed by atoms with van der Waals surface area (Å²) in [5.41, 5.74) is 8.58. The van der Waals surface area contributed by atoms with E-state index in [0.29, 0.717) is 11.3 Å². The summed E-state index contributed by atoms with van der Waals surface area (Å²) in [6, 6.07) is 12.8. The summed E-state index contributed by atoms with van der Waals surface area (Å²) >= 11 is 3.31. The molecule has 0 bridgehead atoms. The molecule has 5 heteroatoms. The Hall–Kier alpha value is -2.01. The number of nitrogen functional groups attached to an aromatic ring is 1. The molecule has 0 aliphatic heterocycles. The van der Waals surface area contributed by atoms with Crippen molar-refractivity contribution < 1.29 is 4.79 Å². The lowest BCUT2D eigenvalue weighted by Gasteiger charge is -2.17. The van der Waals surface area contributed by atoms with Gasteiger partial charge in [-0.3, -0.25) is 4.79 Å². The molecule has 4 nitrogen and oxygen atoms in total. The maximum absolute atomic E-state index is 12.3. The normalized spacial score (nSPS) is 10.2. The summed E-state index contributed by atoms with van der Waals surface area (Å²) in [5, 5.41) is 2.90. The first-order chi connectivity index (χ1) is 9.49. The highest BCUT2D eigenvalue weighted by molar-refractivity contribution is 9.10. The Morgan fingerprint density at radius 2 is 1.90 bits per heavy atom. The molecule has 0 heterocycles. The Morgan fingerprint density at radius 1 is 1.20 bits per heavy atom. The zero-order valence-corrected chi connectivity index (χ0v) is 12.9. The van der Waals surface area contributed by atoms with E-state index in [2.05, 4.69) is 21.2 Å². The Labute approximate surface area is 126 Å². The fourth-order valence-electron chi connectivity index (χ4n) is 1.85. The van der Waals surface area contributed by atoms with Crippen LogP contribution < -0.4 is 16.0 Å². The van der Waals surface area contributed by atoms with Gasteiger partial charge in [0.15, 0.2) is 0 Å². The zero-order chi connectivity index (χ0) is 14.7. The van der Waals surface area contributed by atoms with E-state index in [9.17, 15) is 4.79 Å². The van der Waals surface area contributed by atoms with Crippen LogP contribution in [0.5, 0.6) is 0 Å². The van der Waals surface area contributed by atoms with Crippen LogP contribution in [0.15, 0.2) is 46.9 Å². The molecule has 0 atom stereocenters. The first kappa shape index (κ1) is 14.4. The second-order valence-corrected chi connectivity index (χ2v) is 5.46. The van der Waals surface area contributed by atoms with Crippen LogP contribution in [0, 0.1) is 0 Å². The molecule has 104 valence electrons. The number of carbonyl (C=O) groups is 1. The number of para-hydroxylation sites is 2. The average molecular weight is 334 g/mol. The van der Waals surface area contributed by atoms with Crippen molar-refractivity contribution in [3.05, 3.63) is 52.5 Å². The van der Waals surface area contributed by atoms with Gasteiger partial charge in [0.05, 0.1) is 11.4 Å². The molecule has 0 unspecified atom stereocenters. The number of rotatable bonds is 3. The molecule has 0 spiro atoms. The lowest BCUT2D eigenvalue weighted by atomic mass is 10.1. The van der Waals surface area contributed by atoms with E-state index < -0.39 is 0 Å². The lowest BCUT2D eigenvalue weighted by molar-refractivity contribution is 0.102. The standard InChI is InChI=1S/C15H16BrN3O/c1-19(2)14-6-4-3-5-13(14)18-15(20)10-7-8-11(16)12(17)9-10/h3-9H,17H2,1-2H3,(H,18,20). The summed E-state index contributed by atoms with van der Waals surface area (Å²) in [7, 11) is 3.87. The number of nitrogens with one attached hydrogen (secondary N) is 1. The number of benzene rings is 2. The summed E-state index contributed by atoms with van der Waals surface area (Å²) in [6.07, 6.45) is 0. The van der Waals surface area contributed by atoms with Crippen LogP contribution in [-0.2, 0) is 0 Å². The topological polar surface area (TPSA) is 58.4 Å². The minimum atomic E-state index is -0.182. The molecule has 0 saturated carbocycles. The molecule has 0 aliphatic carbocycles. The van der Waals surface area contributed by atoms with Gasteiger partial charge < -0.3 is 16.0 Å². The third-order valence-electron chi connectivity index (χ3n) is 2.89. The summed E-state index contributed by atoms with van der Waals surface area (Å²) < 4.78 is 0.780. The molecule has 0 aromatic heterocycles. The van der Waals surface area contributed by atoms with Crippen LogP contribution >= 0.6 is 15.9 Å². The smallest absolute Gasteiger partial charge is 0.255 e. The summed E-state index contributed by atoms with van der Waals surface area (Å²) in [6.45, 7) is 0. The number of amides is 1. The van der Waals surface area contributed by atoms with Gasteiger partial charge in [0, 0.05) is 29.8 Å². The van der Waals surface area contributed by atoms with Crippen molar-refractivity contribution in [2.24, 2.45) is 0 Å². The molecule has 2 aromatic rings. The summed E-state index contributed by atoms with van der Waals surface area (Å²) in [5.74, 6) is -0.182. The molecule has 0 saturated heterocycles. The lowest BCUT2D eigenvalue weighted by Crippen LogP contribution is -2.16. The quantitative estimate of drug-likeness (QED) is 0.847. The number of anilines is 3. The molecular weight excluding hydrogens is 318 g/mol. The predicted octanol–water partition coefficient (Wildman–Crippen LogP) is 3.35. The van der Waals surface area contributed by atoms with Crippen molar-refractivity contribution in [3.8, 4) is 0 Å². The Kier molecular flexibility index (Phi) is 4.29.